The molecule has 1 aliphatic rings. The summed E-state index contributed by atoms with van der Waals surface area (Å²) in [6, 6.07) is 5.93. The fourth-order valence-electron chi connectivity index (χ4n) is 3.70. The Balaban J connectivity index is 1.60. The Morgan fingerprint density at radius 2 is 2.00 bits per heavy atom. The van der Waals surface area contributed by atoms with E-state index in [1.165, 1.54) is 0 Å². The number of nitrogens with one attached hydrogen (secondary N) is 1. The molecule has 26 heavy (non-hydrogen) atoms. The molecule has 0 saturated carbocycles. The number of benzene rings is 1. The highest BCUT2D eigenvalue weighted by atomic mass is 16.2. The van der Waals surface area contributed by atoms with Crippen LogP contribution in [0, 0.1) is 19.8 Å². The SMILES string of the molecule is CC(=O)N1CCC(CCC(=O)Nc2cc(C)c(C)c3ncccc23)CC1. The first kappa shape index (κ1) is 18.4. The molecular weight excluding hydrogens is 326 g/mol. The van der Waals surface area contributed by atoms with E-state index in [0.717, 1.165) is 60.1 Å². The normalized spacial score (nSPS) is 15.3. The number of hydrogen-bond acceptors (Lipinski definition) is 3. The molecule has 3 rings (SSSR count). The number of likely N-dealkylation sites (tertiary alicyclic amines) is 1. The summed E-state index contributed by atoms with van der Waals surface area (Å²) in [7, 11) is 0. The van der Waals surface area contributed by atoms with E-state index in [4.69, 9.17) is 0 Å². The largest absolute Gasteiger partial charge is 0.343 e. The Morgan fingerprint density at radius 3 is 2.69 bits per heavy atom. The lowest BCUT2D eigenvalue weighted by Crippen LogP contribution is -2.37. The summed E-state index contributed by atoms with van der Waals surface area (Å²) >= 11 is 0. The smallest absolute Gasteiger partial charge is 0.224 e. The standard InChI is InChI=1S/C21H27N3O2/c1-14-13-19(18-5-4-10-22-21(18)15(14)2)23-20(26)7-6-17-8-11-24(12-9-17)16(3)25/h4-5,10,13,17H,6-9,11-12H2,1-3H3,(H,23,26). The fraction of sp³-hybridized carbons (Fsp3) is 0.476. The fourth-order valence-corrected chi connectivity index (χ4v) is 3.70. The van der Waals surface area contributed by atoms with E-state index in [1.54, 1.807) is 13.1 Å². The zero-order valence-electron chi connectivity index (χ0n) is 15.8. The van der Waals surface area contributed by atoms with Gasteiger partial charge in [0.25, 0.3) is 0 Å². The lowest BCUT2D eigenvalue weighted by molar-refractivity contribution is -0.130. The number of rotatable bonds is 4. The number of nitrogens with zero attached hydrogens (tertiary/aromatic N) is 2. The Bertz CT molecular complexity index is 823. The second kappa shape index (κ2) is 7.85. The highest BCUT2D eigenvalue weighted by Crippen LogP contribution is 2.28. The molecule has 2 heterocycles. The first-order valence-corrected chi connectivity index (χ1v) is 9.36. The van der Waals surface area contributed by atoms with Crippen LogP contribution in [-0.2, 0) is 9.59 Å². The summed E-state index contributed by atoms with van der Waals surface area (Å²) in [5.74, 6) is 0.721. The van der Waals surface area contributed by atoms with Crippen molar-refractivity contribution >= 4 is 28.4 Å². The maximum Gasteiger partial charge on any atom is 0.224 e. The van der Waals surface area contributed by atoms with Crippen LogP contribution in [-0.4, -0.2) is 34.8 Å². The molecule has 5 nitrogen and oxygen atoms in total. The average molecular weight is 353 g/mol. The molecule has 2 amide bonds. The van der Waals surface area contributed by atoms with Crippen molar-refractivity contribution in [1.29, 1.82) is 0 Å². The predicted octanol–water partition coefficient (Wildman–Crippen LogP) is 3.83. The van der Waals surface area contributed by atoms with Crippen molar-refractivity contribution in [1.82, 2.24) is 9.88 Å². The van der Waals surface area contributed by atoms with Crippen LogP contribution in [0.2, 0.25) is 0 Å². The van der Waals surface area contributed by atoms with Gasteiger partial charge in [-0.25, -0.2) is 0 Å². The molecule has 0 radical (unpaired) electrons. The molecule has 5 heteroatoms. The number of pyridine rings is 1. The minimum absolute atomic E-state index is 0.0485. The lowest BCUT2D eigenvalue weighted by Gasteiger charge is -2.31. The number of hydrogen-bond donors (Lipinski definition) is 1. The van der Waals surface area contributed by atoms with E-state index in [-0.39, 0.29) is 11.8 Å². The van der Waals surface area contributed by atoms with E-state index < -0.39 is 0 Å². The quantitative estimate of drug-likeness (QED) is 0.909. The summed E-state index contributed by atoms with van der Waals surface area (Å²) < 4.78 is 0. The van der Waals surface area contributed by atoms with Crippen LogP contribution in [0.3, 0.4) is 0 Å². The van der Waals surface area contributed by atoms with Gasteiger partial charge in [0.05, 0.1) is 11.2 Å². The monoisotopic (exact) mass is 353 g/mol. The zero-order valence-corrected chi connectivity index (χ0v) is 15.8. The van der Waals surface area contributed by atoms with Crippen LogP contribution < -0.4 is 5.32 Å². The number of piperidine rings is 1. The van der Waals surface area contributed by atoms with Crippen LogP contribution >= 0.6 is 0 Å². The number of fused-ring (bicyclic) bond motifs is 1. The molecule has 1 aromatic heterocycles. The summed E-state index contributed by atoms with van der Waals surface area (Å²) in [4.78, 5) is 30.2. The number of aromatic nitrogens is 1. The third-order valence-corrected chi connectivity index (χ3v) is 5.52. The van der Waals surface area contributed by atoms with Gasteiger partial charge in [-0.05, 0) is 68.4 Å². The van der Waals surface area contributed by atoms with Gasteiger partial charge < -0.3 is 10.2 Å². The van der Waals surface area contributed by atoms with Crippen LogP contribution in [0.1, 0.15) is 43.7 Å². The molecular formula is C21H27N3O2. The maximum atomic E-state index is 12.5. The minimum atomic E-state index is 0.0485. The Kier molecular flexibility index (Phi) is 5.55. The van der Waals surface area contributed by atoms with Crippen molar-refractivity contribution in [2.45, 2.75) is 46.5 Å². The van der Waals surface area contributed by atoms with Gasteiger partial charge in [0.2, 0.25) is 11.8 Å². The molecule has 0 unspecified atom stereocenters. The molecule has 1 aliphatic heterocycles. The summed E-state index contributed by atoms with van der Waals surface area (Å²) in [5, 5.41) is 4.06. The van der Waals surface area contributed by atoms with Crippen molar-refractivity contribution < 1.29 is 9.59 Å². The number of aryl methyl sites for hydroxylation is 2. The highest BCUT2D eigenvalue weighted by molar-refractivity contribution is 6.02. The van der Waals surface area contributed by atoms with Gasteiger partial charge in [-0.15, -0.1) is 0 Å². The molecule has 0 spiro atoms. The van der Waals surface area contributed by atoms with Gasteiger partial charge in [-0.2, -0.15) is 0 Å². The minimum Gasteiger partial charge on any atom is -0.343 e. The molecule has 0 bridgehead atoms. The summed E-state index contributed by atoms with van der Waals surface area (Å²) in [6.07, 6.45) is 5.15. The Hall–Kier alpha value is -2.43. The summed E-state index contributed by atoms with van der Waals surface area (Å²) in [6.45, 7) is 7.35. The topological polar surface area (TPSA) is 62.3 Å². The molecule has 1 fully saturated rings. The van der Waals surface area contributed by atoms with Gasteiger partial charge in [0, 0.05) is 38.0 Å². The third-order valence-electron chi connectivity index (χ3n) is 5.52. The number of amides is 2. The Labute approximate surface area is 154 Å². The third kappa shape index (κ3) is 4.03. The number of carbonyl (C=O) groups is 2. The maximum absolute atomic E-state index is 12.5. The van der Waals surface area contributed by atoms with Gasteiger partial charge in [0.15, 0.2) is 0 Å². The molecule has 2 aromatic rings. The van der Waals surface area contributed by atoms with Crippen LogP contribution in [0.15, 0.2) is 24.4 Å². The molecule has 138 valence electrons. The molecule has 1 saturated heterocycles. The molecule has 1 aromatic carbocycles. The van der Waals surface area contributed by atoms with Gasteiger partial charge in [-0.1, -0.05) is 0 Å². The first-order chi connectivity index (χ1) is 12.5. The molecule has 0 atom stereocenters. The van der Waals surface area contributed by atoms with E-state index in [9.17, 15) is 9.59 Å². The molecule has 0 aliphatic carbocycles. The van der Waals surface area contributed by atoms with Gasteiger partial charge in [-0.3, -0.25) is 14.6 Å². The predicted molar refractivity (Wildman–Crippen MR) is 104 cm³/mol. The van der Waals surface area contributed by atoms with Crippen molar-refractivity contribution in [2.75, 3.05) is 18.4 Å². The second-order valence-electron chi connectivity index (χ2n) is 7.30. The van der Waals surface area contributed by atoms with Crippen molar-refractivity contribution in [3.05, 3.63) is 35.5 Å². The van der Waals surface area contributed by atoms with Crippen LogP contribution in [0.5, 0.6) is 0 Å². The Morgan fingerprint density at radius 1 is 1.27 bits per heavy atom. The van der Waals surface area contributed by atoms with Gasteiger partial charge >= 0.3 is 0 Å². The highest BCUT2D eigenvalue weighted by Gasteiger charge is 2.21. The molecule has 1 N–H and O–H groups in total. The average Bonchev–Trinajstić information content (AvgIpc) is 2.64. The number of carbonyl (C=O) groups excluding carboxylic acids is 2. The summed E-state index contributed by atoms with van der Waals surface area (Å²) in [5.41, 5.74) is 4.06. The first-order valence-electron chi connectivity index (χ1n) is 9.36. The van der Waals surface area contributed by atoms with Crippen molar-refractivity contribution in [3.63, 3.8) is 0 Å². The van der Waals surface area contributed by atoms with E-state index in [0.29, 0.717) is 12.3 Å². The number of anilines is 1. The van der Waals surface area contributed by atoms with E-state index in [1.807, 2.05) is 30.0 Å². The van der Waals surface area contributed by atoms with E-state index >= 15 is 0 Å². The van der Waals surface area contributed by atoms with E-state index in [2.05, 4.69) is 17.2 Å². The second-order valence-corrected chi connectivity index (χ2v) is 7.30. The van der Waals surface area contributed by atoms with Crippen molar-refractivity contribution in [3.8, 4) is 0 Å². The lowest BCUT2D eigenvalue weighted by atomic mass is 9.92. The van der Waals surface area contributed by atoms with Crippen LogP contribution in [0.25, 0.3) is 10.9 Å². The zero-order chi connectivity index (χ0) is 18.7. The van der Waals surface area contributed by atoms with Crippen LogP contribution in [0.4, 0.5) is 5.69 Å². The van der Waals surface area contributed by atoms with Crippen molar-refractivity contribution in [2.24, 2.45) is 5.92 Å². The van der Waals surface area contributed by atoms with Gasteiger partial charge in [0.1, 0.15) is 0 Å².